The van der Waals surface area contributed by atoms with Gasteiger partial charge in [0.1, 0.15) is 0 Å². The van der Waals surface area contributed by atoms with E-state index < -0.39 is 0 Å². The minimum atomic E-state index is 0.149. The SMILES string of the molecule is Cc1ccc(CC(=O)N(Cc2cccnc2)CC2CCNC2)cn1. The number of aryl methyl sites for hydroxylation is 1. The molecule has 0 bridgehead atoms. The molecule has 126 valence electrons. The van der Waals surface area contributed by atoms with Crippen molar-refractivity contribution in [1.82, 2.24) is 20.2 Å². The molecule has 5 nitrogen and oxygen atoms in total. The molecule has 2 aromatic heterocycles. The van der Waals surface area contributed by atoms with Crippen LogP contribution in [0.4, 0.5) is 0 Å². The van der Waals surface area contributed by atoms with E-state index in [1.165, 1.54) is 0 Å². The Morgan fingerprint density at radius 1 is 1.29 bits per heavy atom. The number of aromatic nitrogens is 2. The van der Waals surface area contributed by atoms with Crippen LogP contribution < -0.4 is 5.32 Å². The van der Waals surface area contributed by atoms with Crippen LogP contribution >= 0.6 is 0 Å². The van der Waals surface area contributed by atoms with Crippen LogP contribution in [0.5, 0.6) is 0 Å². The Balaban J connectivity index is 1.69. The average Bonchev–Trinajstić information content (AvgIpc) is 3.10. The first-order chi connectivity index (χ1) is 11.7. The third-order valence-corrected chi connectivity index (χ3v) is 4.42. The maximum Gasteiger partial charge on any atom is 0.227 e. The van der Waals surface area contributed by atoms with Crippen LogP contribution in [0, 0.1) is 12.8 Å². The summed E-state index contributed by atoms with van der Waals surface area (Å²) in [6, 6.07) is 7.88. The second kappa shape index (κ2) is 8.02. The predicted molar refractivity (Wildman–Crippen MR) is 93.3 cm³/mol. The van der Waals surface area contributed by atoms with E-state index in [2.05, 4.69) is 15.3 Å². The third kappa shape index (κ3) is 4.61. The fraction of sp³-hybridized carbons (Fsp3) is 0.421. The van der Waals surface area contributed by atoms with E-state index in [1.54, 1.807) is 12.4 Å². The third-order valence-electron chi connectivity index (χ3n) is 4.42. The van der Waals surface area contributed by atoms with Crippen LogP contribution in [-0.4, -0.2) is 40.4 Å². The van der Waals surface area contributed by atoms with Crippen molar-refractivity contribution in [2.24, 2.45) is 5.92 Å². The fourth-order valence-corrected chi connectivity index (χ4v) is 3.04. The van der Waals surface area contributed by atoms with Gasteiger partial charge in [0.05, 0.1) is 6.42 Å². The number of nitrogens with zero attached hydrogens (tertiary/aromatic N) is 3. The molecule has 1 N–H and O–H groups in total. The van der Waals surface area contributed by atoms with E-state index in [1.807, 2.05) is 42.3 Å². The summed E-state index contributed by atoms with van der Waals surface area (Å²) < 4.78 is 0. The number of hydrogen-bond acceptors (Lipinski definition) is 4. The van der Waals surface area contributed by atoms with Crippen LogP contribution in [0.15, 0.2) is 42.9 Å². The molecule has 1 aliphatic rings. The van der Waals surface area contributed by atoms with Crippen LogP contribution in [0.2, 0.25) is 0 Å². The van der Waals surface area contributed by atoms with E-state index in [4.69, 9.17) is 0 Å². The molecular weight excluding hydrogens is 300 g/mol. The lowest BCUT2D eigenvalue weighted by Gasteiger charge is -2.25. The minimum Gasteiger partial charge on any atom is -0.338 e. The Hall–Kier alpha value is -2.27. The van der Waals surface area contributed by atoms with Crippen molar-refractivity contribution in [2.75, 3.05) is 19.6 Å². The normalized spacial score (nSPS) is 17.0. The number of pyridine rings is 2. The van der Waals surface area contributed by atoms with Crippen molar-refractivity contribution in [1.29, 1.82) is 0 Å². The zero-order chi connectivity index (χ0) is 16.8. The molecular formula is C19H24N4O. The molecule has 5 heteroatoms. The molecule has 0 aliphatic carbocycles. The number of nitrogens with one attached hydrogen (secondary N) is 1. The summed E-state index contributed by atoms with van der Waals surface area (Å²) in [6.07, 6.45) is 6.92. The number of carbonyl (C=O) groups excluding carboxylic acids is 1. The summed E-state index contributed by atoms with van der Waals surface area (Å²) >= 11 is 0. The van der Waals surface area contributed by atoms with Crippen LogP contribution in [0.3, 0.4) is 0 Å². The highest BCUT2D eigenvalue weighted by atomic mass is 16.2. The van der Waals surface area contributed by atoms with Gasteiger partial charge in [0.15, 0.2) is 0 Å². The second-order valence-corrected chi connectivity index (χ2v) is 6.48. The number of rotatable bonds is 6. The molecule has 1 unspecified atom stereocenters. The Labute approximate surface area is 143 Å². The molecule has 0 aromatic carbocycles. The van der Waals surface area contributed by atoms with Gasteiger partial charge < -0.3 is 10.2 Å². The van der Waals surface area contributed by atoms with Crippen LogP contribution in [0.25, 0.3) is 0 Å². The lowest BCUT2D eigenvalue weighted by molar-refractivity contribution is -0.131. The van der Waals surface area contributed by atoms with Gasteiger partial charge in [-0.05, 0) is 55.6 Å². The van der Waals surface area contributed by atoms with Crippen LogP contribution in [0.1, 0.15) is 23.2 Å². The number of hydrogen-bond donors (Lipinski definition) is 1. The average molecular weight is 324 g/mol. The van der Waals surface area contributed by atoms with E-state index in [9.17, 15) is 4.79 Å². The molecule has 1 saturated heterocycles. The first-order valence-corrected chi connectivity index (χ1v) is 8.49. The standard InChI is InChI=1S/C19H24N4O/c1-15-4-5-16(12-22-15)9-19(24)23(14-18-6-8-21-11-18)13-17-3-2-7-20-10-17/h2-5,7,10,12,18,21H,6,8-9,11,13-14H2,1H3. The highest BCUT2D eigenvalue weighted by Crippen LogP contribution is 2.14. The molecule has 1 atom stereocenters. The van der Waals surface area contributed by atoms with Crippen molar-refractivity contribution in [3.8, 4) is 0 Å². The number of amides is 1. The van der Waals surface area contributed by atoms with Gasteiger partial charge >= 0.3 is 0 Å². The summed E-state index contributed by atoms with van der Waals surface area (Å²) in [5.74, 6) is 0.679. The van der Waals surface area contributed by atoms with E-state index in [-0.39, 0.29) is 5.91 Å². The molecule has 1 aliphatic heterocycles. The molecule has 1 amide bonds. The summed E-state index contributed by atoms with van der Waals surface area (Å²) in [6.45, 7) is 5.39. The van der Waals surface area contributed by atoms with Gasteiger partial charge in [-0.25, -0.2) is 0 Å². The molecule has 0 radical (unpaired) electrons. The monoisotopic (exact) mass is 324 g/mol. The summed E-state index contributed by atoms with van der Waals surface area (Å²) in [4.78, 5) is 23.3. The summed E-state index contributed by atoms with van der Waals surface area (Å²) in [5, 5.41) is 3.38. The first-order valence-electron chi connectivity index (χ1n) is 8.49. The van der Waals surface area contributed by atoms with Crippen molar-refractivity contribution in [3.63, 3.8) is 0 Å². The Morgan fingerprint density at radius 3 is 2.88 bits per heavy atom. The van der Waals surface area contributed by atoms with Crippen molar-refractivity contribution >= 4 is 5.91 Å². The quantitative estimate of drug-likeness (QED) is 0.882. The molecule has 0 spiro atoms. The van der Waals surface area contributed by atoms with Gasteiger partial charge in [0, 0.05) is 37.4 Å². The summed E-state index contributed by atoms with van der Waals surface area (Å²) in [7, 11) is 0. The fourth-order valence-electron chi connectivity index (χ4n) is 3.04. The maximum atomic E-state index is 12.8. The molecule has 3 heterocycles. The van der Waals surface area contributed by atoms with Crippen molar-refractivity contribution in [2.45, 2.75) is 26.3 Å². The van der Waals surface area contributed by atoms with Gasteiger partial charge in [-0.1, -0.05) is 12.1 Å². The predicted octanol–water partition coefficient (Wildman–Crippen LogP) is 1.97. The van der Waals surface area contributed by atoms with Gasteiger partial charge in [0.25, 0.3) is 0 Å². The van der Waals surface area contributed by atoms with Crippen molar-refractivity contribution in [3.05, 3.63) is 59.7 Å². The lowest BCUT2D eigenvalue weighted by atomic mass is 10.1. The summed E-state index contributed by atoms with van der Waals surface area (Å²) in [5.41, 5.74) is 3.00. The largest absolute Gasteiger partial charge is 0.338 e. The molecule has 1 fully saturated rings. The zero-order valence-electron chi connectivity index (χ0n) is 14.1. The Kier molecular flexibility index (Phi) is 5.54. The highest BCUT2D eigenvalue weighted by molar-refractivity contribution is 5.78. The molecule has 2 aromatic rings. The Bertz CT molecular complexity index is 651. The minimum absolute atomic E-state index is 0.149. The molecule has 3 rings (SSSR count). The topological polar surface area (TPSA) is 58.1 Å². The zero-order valence-corrected chi connectivity index (χ0v) is 14.1. The van der Waals surface area contributed by atoms with E-state index >= 15 is 0 Å². The van der Waals surface area contributed by atoms with Gasteiger partial charge in [-0.3, -0.25) is 14.8 Å². The molecule has 24 heavy (non-hydrogen) atoms. The highest BCUT2D eigenvalue weighted by Gasteiger charge is 2.22. The lowest BCUT2D eigenvalue weighted by Crippen LogP contribution is -2.36. The van der Waals surface area contributed by atoms with E-state index in [0.717, 1.165) is 42.9 Å². The van der Waals surface area contributed by atoms with Gasteiger partial charge in [0.2, 0.25) is 5.91 Å². The smallest absolute Gasteiger partial charge is 0.227 e. The number of carbonyl (C=O) groups is 1. The molecule has 0 saturated carbocycles. The van der Waals surface area contributed by atoms with Gasteiger partial charge in [-0.15, -0.1) is 0 Å². The van der Waals surface area contributed by atoms with Gasteiger partial charge in [-0.2, -0.15) is 0 Å². The van der Waals surface area contributed by atoms with Crippen molar-refractivity contribution < 1.29 is 4.79 Å². The second-order valence-electron chi connectivity index (χ2n) is 6.48. The first kappa shape index (κ1) is 16.6. The van der Waals surface area contributed by atoms with E-state index in [0.29, 0.717) is 18.9 Å². The maximum absolute atomic E-state index is 12.8. The van der Waals surface area contributed by atoms with Crippen LogP contribution in [-0.2, 0) is 17.8 Å². The Morgan fingerprint density at radius 2 is 2.21 bits per heavy atom.